The van der Waals surface area contributed by atoms with Crippen molar-refractivity contribution >= 4 is 17.3 Å². The third-order valence-electron chi connectivity index (χ3n) is 3.13. The predicted molar refractivity (Wildman–Crippen MR) is 81.1 cm³/mol. The molecule has 0 saturated carbocycles. The van der Waals surface area contributed by atoms with E-state index in [1.807, 2.05) is 36.4 Å². The lowest BCUT2D eigenvalue weighted by Crippen LogP contribution is -2.09. The normalized spacial score (nSPS) is 11.9. The smallest absolute Gasteiger partial charge is 0.118 e. The SMILES string of the molecule is CCC(Nc1ccccc1Cl)c1ccc(OC)cc1. The second-order valence-electron chi connectivity index (χ2n) is 4.36. The lowest BCUT2D eigenvalue weighted by atomic mass is 10.0. The molecule has 1 unspecified atom stereocenters. The van der Waals surface area contributed by atoms with E-state index < -0.39 is 0 Å². The number of hydrogen-bond donors (Lipinski definition) is 1. The highest BCUT2D eigenvalue weighted by atomic mass is 35.5. The molecule has 1 N–H and O–H groups in total. The molecule has 0 saturated heterocycles. The molecule has 0 aromatic heterocycles. The van der Waals surface area contributed by atoms with Crippen molar-refractivity contribution in [3.8, 4) is 5.75 Å². The van der Waals surface area contributed by atoms with E-state index in [2.05, 4.69) is 24.4 Å². The Bertz CT molecular complexity index is 525. The Morgan fingerprint density at radius 3 is 2.37 bits per heavy atom. The van der Waals surface area contributed by atoms with Crippen LogP contribution in [0, 0.1) is 0 Å². The minimum atomic E-state index is 0.241. The number of ether oxygens (including phenoxy) is 1. The molecule has 0 aliphatic carbocycles. The van der Waals surface area contributed by atoms with Crippen LogP contribution in [0.15, 0.2) is 48.5 Å². The lowest BCUT2D eigenvalue weighted by molar-refractivity contribution is 0.414. The van der Waals surface area contributed by atoms with E-state index in [-0.39, 0.29) is 6.04 Å². The van der Waals surface area contributed by atoms with Crippen LogP contribution in [-0.2, 0) is 0 Å². The number of methoxy groups -OCH3 is 1. The molecule has 0 radical (unpaired) electrons. The first-order valence-electron chi connectivity index (χ1n) is 6.39. The molecule has 0 amide bonds. The van der Waals surface area contributed by atoms with Gasteiger partial charge in [-0.1, -0.05) is 42.8 Å². The summed E-state index contributed by atoms with van der Waals surface area (Å²) >= 11 is 6.18. The molecule has 100 valence electrons. The lowest BCUT2D eigenvalue weighted by Gasteiger charge is -2.19. The molecule has 0 heterocycles. The summed E-state index contributed by atoms with van der Waals surface area (Å²) in [6.07, 6.45) is 0.984. The summed E-state index contributed by atoms with van der Waals surface area (Å²) in [4.78, 5) is 0. The van der Waals surface area contributed by atoms with Crippen LogP contribution >= 0.6 is 11.6 Å². The molecule has 0 aliphatic rings. The zero-order valence-electron chi connectivity index (χ0n) is 11.2. The van der Waals surface area contributed by atoms with Crippen LogP contribution in [0.3, 0.4) is 0 Å². The Morgan fingerprint density at radius 2 is 1.79 bits per heavy atom. The van der Waals surface area contributed by atoms with Gasteiger partial charge in [0.2, 0.25) is 0 Å². The predicted octanol–water partition coefficient (Wildman–Crippen LogP) is 4.91. The Balaban J connectivity index is 2.17. The Kier molecular flexibility index (Phi) is 4.69. The molecule has 2 rings (SSSR count). The monoisotopic (exact) mass is 275 g/mol. The maximum absolute atomic E-state index is 6.18. The van der Waals surface area contributed by atoms with Crippen LogP contribution in [0.2, 0.25) is 5.02 Å². The highest BCUT2D eigenvalue weighted by Gasteiger charge is 2.10. The Labute approximate surface area is 119 Å². The van der Waals surface area contributed by atoms with Gasteiger partial charge in [0.25, 0.3) is 0 Å². The highest BCUT2D eigenvalue weighted by molar-refractivity contribution is 6.33. The number of benzene rings is 2. The molecule has 1 atom stereocenters. The number of rotatable bonds is 5. The minimum absolute atomic E-state index is 0.241. The van der Waals surface area contributed by atoms with E-state index in [1.54, 1.807) is 7.11 Å². The third kappa shape index (κ3) is 3.42. The van der Waals surface area contributed by atoms with Crippen LogP contribution in [0.1, 0.15) is 24.9 Å². The highest BCUT2D eigenvalue weighted by Crippen LogP contribution is 2.28. The van der Waals surface area contributed by atoms with Gasteiger partial charge >= 0.3 is 0 Å². The number of anilines is 1. The standard InChI is InChI=1S/C16H18ClNO/c1-3-15(12-8-10-13(19-2)11-9-12)18-16-7-5-4-6-14(16)17/h4-11,15,18H,3H2,1-2H3. The van der Waals surface area contributed by atoms with Crippen molar-refractivity contribution in [3.63, 3.8) is 0 Å². The fourth-order valence-electron chi connectivity index (χ4n) is 2.02. The Morgan fingerprint density at radius 1 is 1.11 bits per heavy atom. The van der Waals surface area contributed by atoms with Crippen molar-refractivity contribution in [1.82, 2.24) is 0 Å². The molecule has 2 nitrogen and oxygen atoms in total. The summed E-state index contributed by atoms with van der Waals surface area (Å²) in [6, 6.07) is 16.2. The van der Waals surface area contributed by atoms with E-state index in [4.69, 9.17) is 16.3 Å². The Hall–Kier alpha value is -1.67. The average molecular weight is 276 g/mol. The van der Waals surface area contributed by atoms with Gasteiger partial charge in [-0.3, -0.25) is 0 Å². The number of nitrogens with one attached hydrogen (secondary N) is 1. The number of hydrogen-bond acceptors (Lipinski definition) is 2. The maximum atomic E-state index is 6.18. The molecular weight excluding hydrogens is 258 g/mol. The quantitative estimate of drug-likeness (QED) is 0.837. The van der Waals surface area contributed by atoms with Crippen molar-refractivity contribution in [2.75, 3.05) is 12.4 Å². The zero-order chi connectivity index (χ0) is 13.7. The van der Waals surface area contributed by atoms with Crippen molar-refractivity contribution in [3.05, 3.63) is 59.1 Å². The maximum Gasteiger partial charge on any atom is 0.118 e. The summed E-state index contributed by atoms with van der Waals surface area (Å²) in [5.74, 6) is 0.872. The molecule has 0 bridgehead atoms. The minimum Gasteiger partial charge on any atom is -0.497 e. The van der Waals surface area contributed by atoms with Crippen LogP contribution in [0.4, 0.5) is 5.69 Å². The number of halogens is 1. The van der Waals surface area contributed by atoms with E-state index >= 15 is 0 Å². The van der Waals surface area contributed by atoms with Gasteiger partial charge in [0.05, 0.1) is 23.9 Å². The summed E-state index contributed by atoms with van der Waals surface area (Å²) in [5, 5.41) is 4.22. The summed E-state index contributed by atoms with van der Waals surface area (Å²) < 4.78 is 5.18. The van der Waals surface area contributed by atoms with Gasteiger partial charge in [-0.05, 0) is 36.2 Å². The average Bonchev–Trinajstić information content (AvgIpc) is 2.47. The van der Waals surface area contributed by atoms with Gasteiger partial charge in [-0.2, -0.15) is 0 Å². The molecule has 19 heavy (non-hydrogen) atoms. The molecule has 2 aromatic rings. The van der Waals surface area contributed by atoms with E-state index in [0.29, 0.717) is 0 Å². The van der Waals surface area contributed by atoms with Gasteiger partial charge in [-0.15, -0.1) is 0 Å². The summed E-state index contributed by atoms with van der Waals surface area (Å²) in [7, 11) is 1.67. The van der Waals surface area contributed by atoms with Crippen molar-refractivity contribution < 1.29 is 4.74 Å². The van der Waals surface area contributed by atoms with Crippen LogP contribution in [0.5, 0.6) is 5.75 Å². The fraction of sp³-hybridized carbons (Fsp3) is 0.250. The summed E-state index contributed by atoms with van der Waals surface area (Å²) in [6.45, 7) is 2.15. The van der Waals surface area contributed by atoms with Gasteiger partial charge in [0.15, 0.2) is 0 Å². The first-order valence-corrected chi connectivity index (χ1v) is 6.77. The molecule has 0 aliphatic heterocycles. The fourth-order valence-corrected chi connectivity index (χ4v) is 2.21. The first kappa shape index (κ1) is 13.8. The first-order chi connectivity index (χ1) is 9.24. The molecule has 0 spiro atoms. The van der Waals surface area contributed by atoms with Crippen molar-refractivity contribution in [2.24, 2.45) is 0 Å². The van der Waals surface area contributed by atoms with E-state index in [1.165, 1.54) is 5.56 Å². The van der Waals surface area contributed by atoms with E-state index in [9.17, 15) is 0 Å². The third-order valence-corrected chi connectivity index (χ3v) is 3.46. The van der Waals surface area contributed by atoms with Gasteiger partial charge in [0.1, 0.15) is 5.75 Å². The second kappa shape index (κ2) is 6.48. The van der Waals surface area contributed by atoms with Gasteiger partial charge in [-0.25, -0.2) is 0 Å². The van der Waals surface area contributed by atoms with Crippen molar-refractivity contribution in [1.29, 1.82) is 0 Å². The number of para-hydroxylation sites is 1. The molecule has 0 fully saturated rings. The largest absolute Gasteiger partial charge is 0.497 e. The molecule has 2 aromatic carbocycles. The van der Waals surface area contributed by atoms with E-state index in [0.717, 1.165) is 22.9 Å². The van der Waals surface area contributed by atoms with Crippen LogP contribution in [-0.4, -0.2) is 7.11 Å². The molecular formula is C16H18ClNO. The zero-order valence-corrected chi connectivity index (χ0v) is 11.9. The molecule has 3 heteroatoms. The van der Waals surface area contributed by atoms with Crippen molar-refractivity contribution in [2.45, 2.75) is 19.4 Å². The van der Waals surface area contributed by atoms with Crippen LogP contribution < -0.4 is 10.1 Å². The topological polar surface area (TPSA) is 21.3 Å². The van der Waals surface area contributed by atoms with Crippen LogP contribution in [0.25, 0.3) is 0 Å². The van der Waals surface area contributed by atoms with Gasteiger partial charge < -0.3 is 10.1 Å². The van der Waals surface area contributed by atoms with Gasteiger partial charge in [0, 0.05) is 0 Å². The second-order valence-corrected chi connectivity index (χ2v) is 4.77. The summed E-state index contributed by atoms with van der Waals surface area (Å²) in [5.41, 5.74) is 2.19.